The lowest BCUT2D eigenvalue weighted by atomic mass is 10.2. The van der Waals surface area contributed by atoms with Gasteiger partial charge in [-0.1, -0.05) is 17.8 Å². The summed E-state index contributed by atoms with van der Waals surface area (Å²) in [4.78, 5) is 40.3. The van der Waals surface area contributed by atoms with Gasteiger partial charge in [-0.25, -0.2) is 4.98 Å². The van der Waals surface area contributed by atoms with Crippen molar-refractivity contribution in [1.29, 1.82) is 0 Å². The van der Waals surface area contributed by atoms with E-state index in [9.17, 15) is 14.4 Å². The van der Waals surface area contributed by atoms with Gasteiger partial charge in [0.05, 0.1) is 0 Å². The maximum absolute atomic E-state index is 12.2. The second-order valence-electron chi connectivity index (χ2n) is 4.13. The van der Waals surface area contributed by atoms with Crippen molar-refractivity contribution in [2.24, 2.45) is 0 Å². The van der Waals surface area contributed by atoms with E-state index < -0.39 is 24.0 Å². The molecule has 0 aliphatic carbocycles. The number of fused-ring (bicyclic) bond motifs is 1. The number of hydrogen-bond acceptors (Lipinski definition) is 5. The lowest BCUT2D eigenvalue weighted by molar-refractivity contribution is -0.137. The van der Waals surface area contributed by atoms with Gasteiger partial charge in [0.15, 0.2) is 5.16 Å². The van der Waals surface area contributed by atoms with Crippen molar-refractivity contribution in [3.63, 3.8) is 0 Å². The van der Waals surface area contributed by atoms with E-state index in [2.05, 4.69) is 11.6 Å². The van der Waals surface area contributed by atoms with E-state index in [1.165, 1.54) is 28.6 Å². The molecule has 106 valence electrons. The Morgan fingerprint density at radius 1 is 1.60 bits per heavy atom. The monoisotopic (exact) mass is 295 g/mol. The first kappa shape index (κ1) is 14.3. The van der Waals surface area contributed by atoms with Gasteiger partial charge in [-0.05, 0) is 0 Å². The largest absolute Gasteiger partial charge is 0.480 e. The van der Waals surface area contributed by atoms with Crippen LogP contribution in [0.3, 0.4) is 0 Å². The van der Waals surface area contributed by atoms with Gasteiger partial charge in [0.1, 0.15) is 12.1 Å². The van der Waals surface area contributed by atoms with Gasteiger partial charge in [0.25, 0.3) is 11.5 Å². The summed E-state index contributed by atoms with van der Waals surface area (Å²) in [7, 11) is 0. The van der Waals surface area contributed by atoms with Crippen molar-refractivity contribution in [3.8, 4) is 0 Å². The van der Waals surface area contributed by atoms with Crippen LogP contribution in [0, 0.1) is 0 Å². The zero-order valence-corrected chi connectivity index (χ0v) is 11.4. The predicted octanol–water partition coefficient (Wildman–Crippen LogP) is 0.0618. The molecule has 0 unspecified atom stereocenters. The Kier molecular flexibility index (Phi) is 4.23. The molecule has 20 heavy (non-hydrogen) atoms. The third kappa shape index (κ3) is 2.74. The summed E-state index contributed by atoms with van der Waals surface area (Å²) < 4.78 is 1.44. The lowest BCUT2D eigenvalue weighted by Gasteiger charge is -2.18. The highest BCUT2D eigenvalue weighted by Crippen LogP contribution is 2.20. The van der Waals surface area contributed by atoms with Crippen molar-refractivity contribution >= 4 is 23.6 Å². The molecule has 0 saturated carbocycles. The van der Waals surface area contributed by atoms with E-state index in [1.54, 1.807) is 0 Å². The number of aliphatic carboxylic acids is 1. The summed E-state index contributed by atoms with van der Waals surface area (Å²) >= 11 is 1.45. The zero-order chi connectivity index (χ0) is 14.7. The maximum Gasteiger partial charge on any atom is 0.323 e. The molecular weight excluding hydrogens is 282 g/mol. The van der Waals surface area contributed by atoms with Gasteiger partial charge in [0.2, 0.25) is 0 Å². The number of carbonyl (C=O) groups is 2. The van der Waals surface area contributed by atoms with E-state index in [0.717, 1.165) is 10.7 Å². The molecule has 1 amide bonds. The van der Waals surface area contributed by atoms with Crippen LogP contribution in [0.1, 0.15) is 10.4 Å². The third-order valence-electron chi connectivity index (χ3n) is 2.75. The lowest BCUT2D eigenvalue weighted by Crippen LogP contribution is -2.39. The molecule has 0 bridgehead atoms. The molecule has 0 atom stereocenters. The van der Waals surface area contributed by atoms with Crippen molar-refractivity contribution in [1.82, 2.24) is 14.5 Å². The summed E-state index contributed by atoms with van der Waals surface area (Å²) in [5, 5.41) is 9.38. The highest BCUT2D eigenvalue weighted by Gasteiger charge is 2.24. The molecular formula is C12H13N3O4S. The number of thioether (sulfide) groups is 1. The molecule has 1 aliphatic heterocycles. The van der Waals surface area contributed by atoms with Crippen LogP contribution >= 0.6 is 11.8 Å². The molecule has 0 saturated heterocycles. The first-order valence-electron chi connectivity index (χ1n) is 5.89. The first-order valence-corrected chi connectivity index (χ1v) is 6.87. The van der Waals surface area contributed by atoms with Gasteiger partial charge in [-0.2, -0.15) is 0 Å². The molecule has 7 nitrogen and oxygen atoms in total. The summed E-state index contributed by atoms with van der Waals surface area (Å²) in [6.45, 7) is 3.55. The van der Waals surface area contributed by atoms with Crippen molar-refractivity contribution in [3.05, 3.63) is 34.8 Å². The second-order valence-corrected chi connectivity index (χ2v) is 5.19. The number of carboxylic acids is 1. The molecule has 0 aromatic carbocycles. The van der Waals surface area contributed by atoms with Crippen LogP contribution in [-0.2, 0) is 11.3 Å². The van der Waals surface area contributed by atoms with Gasteiger partial charge in [-0.3, -0.25) is 19.0 Å². The van der Waals surface area contributed by atoms with Crippen molar-refractivity contribution in [2.45, 2.75) is 11.7 Å². The fraction of sp³-hybridized carbons (Fsp3) is 0.333. The summed E-state index contributed by atoms with van der Waals surface area (Å²) in [5.74, 6) is -1.05. The smallest absolute Gasteiger partial charge is 0.323 e. The number of carbonyl (C=O) groups excluding carboxylic acids is 1. The molecule has 0 spiro atoms. The highest BCUT2D eigenvalue weighted by molar-refractivity contribution is 7.99. The Bertz CT molecular complexity index is 626. The predicted molar refractivity (Wildman–Crippen MR) is 73.0 cm³/mol. The molecule has 2 rings (SSSR count). The maximum atomic E-state index is 12.2. The van der Waals surface area contributed by atoms with E-state index in [-0.39, 0.29) is 12.1 Å². The van der Waals surface area contributed by atoms with Crippen LogP contribution in [0.4, 0.5) is 0 Å². The Balaban J connectivity index is 2.34. The van der Waals surface area contributed by atoms with Gasteiger partial charge < -0.3 is 10.0 Å². The summed E-state index contributed by atoms with van der Waals surface area (Å²) in [6, 6.07) is 0. The molecule has 0 fully saturated rings. The van der Waals surface area contributed by atoms with E-state index in [1.807, 2.05) is 0 Å². The molecule has 1 aromatic rings. The normalized spacial score (nSPS) is 12.8. The van der Waals surface area contributed by atoms with Gasteiger partial charge in [0, 0.05) is 25.0 Å². The van der Waals surface area contributed by atoms with Gasteiger partial charge in [-0.15, -0.1) is 6.58 Å². The van der Waals surface area contributed by atoms with E-state index in [0.29, 0.717) is 11.7 Å². The van der Waals surface area contributed by atoms with Crippen molar-refractivity contribution in [2.75, 3.05) is 18.8 Å². The SMILES string of the molecule is C=CCN(CC(=O)O)C(=O)c1cnc2n(c1=O)CCS2. The Labute approximate surface area is 118 Å². The average molecular weight is 295 g/mol. The number of hydrogen-bond donors (Lipinski definition) is 1. The Hall–Kier alpha value is -2.09. The van der Waals surface area contributed by atoms with Crippen LogP contribution < -0.4 is 5.56 Å². The fourth-order valence-electron chi connectivity index (χ4n) is 1.87. The standard InChI is InChI=1S/C12H13N3O4S/c1-2-3-14(7-9(16)17)10(18)8-6-13-12-15(11(8)19)4-5-20-12/h2,6H,1,3-5,7H2,(H,16,17). The number of aromatic nitrogens is 2. The molecule has 2 heterocycles. The number of amides is 1. The van der Waals surface area contributed by atoms with Crippen LogP contribution in [-0.4, -0.2) is 50.3 Å². The average Bonchev–Trinajstić information content (AvgIpc) is 2.87. The molecule has 1 aliphatic rings. The molecule has 1 N–H and O–H groups in total. The van der Waals surface area contributed by atoms with E-state index >= 15 is 0 Å². The summed E-state index contributed by atoms with van der Waals surface area (Å²) in [6.07, 6.45) is 2.63. The van der Waals surface area contributed by atoms with Crippen LogP contribution in [0.25, 0.3) is 0 Å². The van der Waals surface area contributed by atoms with Crippen LogP contribution in [0.5, 0.6) is 0 Å². The second kappa shape index (κ2) is 5.91. The number of rotatable bonds is 5. The van der Waals surface area contributed by atoms with Crippen LogP contribution in [0.2, 0.25) is 0 Å². The minimum atomic E-state index is -1.15. The number of nitrogens with zero attached hydrogens (tertiary/aromatic N) is 3. The zero-order valence-electron chi connectivity index (χ0n) is 10.6. The van der Waals surface area contributed by atoms with Crippen LogP contribution in [0.15, 0.2) is 28.8 Å². The molecule has 1 aromatic heterocycles. The third-order valence-corrected chi connectivity index (χ3v) is 3.72. The summed E-state index contributed by atoms with van der Waals surface area (Å²) in [5.41, 5.74) is -0.538. The highest BCUT2D eigenvalue weighted by atomic mass is 32.2. The first-order chi connectivity index (χ1) is 9.54. The minimum Gasteiger partial charge on any atom is -0.480 e. The minimum absolute atomic E-state index is 0.0566. The topological polar surface area (TPSA) is 92.5 Å². The molecule has 8 heteroatoms. The number of carboxylic acid groups (broad SMARTS) is 1. The quantitative estimate of drug-likeness (QED) is 0.610. The van der Waals surface area contributed by atoms with Gasteiger partial charge >= 0.3 is 5.97 Å². The Morgan fingerprint density at radius 3 is 3.00 bits per heavy atom. The van der Waals surface area contributed by atoms with Crippen molar-refractivity contribution < 1.29 is 14.7 Å². The van der Waals surface area contributed by atoms with E-state index in [4.69, 9.17) is 5.11 Å². The molecule has 0 radical (unpaired) electrons. The Morgan fingerprint density at radius 2 is 2.35 bits per heavy atom. The fourth-order valence-corrected chi connectivity index (χ4v) is 2.79.